The molecule has 2 fully saturated rings. The molecule has 2 aromatic heterocycles. The van der Waals surface area contributed by atoms with Crippen molar-refractivity contribution in [3.63, 3.8) is 0 Å². The van der Waals surface area contributed by atoms with E-state index in [9.17, 15) is 23.2 Å². The smallest absolute Gasteiger partial charge is 0.282 e. The topological polar surface area (TPSA) is 158 Å². The second kappa shape index (κ2) is 11.9. The highest BCUT2D eigenvalue weighted by Crippen LogP contribution is 2.50. The fourth-order valence-electron chi connectivity index (χ4n) is 4.87. The lowest BCUT2D eigenvalue weighted by Crippen LogP contribution is -2.51. The summed E-state index contributed by atoms with van der Waals surface area (Å²) in [6.45, 7) is 5.37. The highest BCUT2D eigenvalue weighted by molar-refractivity contribution is 6.02. The Morgan fingerprint density at radius 3 is 2.38 bits per heavy atom. The molecule has 11 nitrogen and oxygen atoms in total. The van der Waals surface area contributed by atoms with Crippen molar-refractivity contribution >= 4 is 23.7 Å². The van der Waals surface area contributed by atoms with Crippen molar-refractivity contribution < 1.29 is 18.4 Å². The Kier molecular flexibility index (Phi) is 8.56. The van der Waals surface area contributed by atoms with Crippen LogP contribution in [-0.4, -0.2) is 50.1 Å². The average Bonchev–Trinajstić information content (AvgIpc) is 3.83. The van der Waals surface area contributed by atoms with Gasteiger partial charge in [0.2, 0.25) is 5.91 Å². The molecule has 39 heavy (non-hydrogen) atoms. The van der Waals surface area contributed by atoms with Crippen LogP contribution in [0.25, 0.3) is 0 Å². The van der Waals surface area contributed by atoms with E-state index in [1.54, 1.807) is 6.92 Å². The Hall–Kier alpha value is -3.90. The molecule has 2 heterocycles. The van der Waals surface area contributed by atoms with Gasteiger partial charge in [-0.05, 0) is 76.4 Å². The lowest BCUT2D eigenvalue weighted by molar-refractivity contribution is -0.126. The quantitative estimate of drug-likeness (QED) is 0.193. The van der Waals surface area contributed by atoms with Gasteiger partial charge in [-0.15, -0.1) is 0 Å². The first-order chi connectivity index (χ1) is 18.6. The molecule has 1 unspecified atom stereocenters. The Bertz CT molecular complexity index is 1280. The number of carbonyl (C=O) groups excluding carboxylic acids is 2. The van der Waals surface area contributed by atoms with E-state index in [4.69, 9.17) is 5.41 Å². The second-order valence-electron chi connectivity index (χ2n) is 10.5. The van der Waals surface area contributed by atoms with Crippen LogP contribution in [0.1, 0.15) is 70.2 Å². The largest absolute Gasteiger partial charge is 0.378 e. The highest BCUT2D eigenvalue weighted by atomic mass is 19.3. The number of carbonyl (C=O) groups is 2. The van der Waals surface area contributed by atoms with Crippen LogP contribution >= 0.6 is 0 Å². The number of rotatable bonds is 13. The van der Waals surface area contributed by atoms with Gasteiger partial charge in [0.1, 0.15) is 17.4 Å². The molecule has 0 aromatic carbocycles. The number of H-pyrrole nitrogens is 1. The molecule has 0 bridgehead atoms. The molecule has 210 valence electrons. The third kappa shape index (κ3) is 6.95. The minimum Gasteiger partial charge on any atom is -0.378 e. The summed E-state index contributed by atoms with van der Waals surface area (Å²) in [5, 5.41) is 25.8. The molecular formula is C26H34F2N8O3. The third-order valence-corrected chi connectivity index (χ3v) is 7.02. The van der Waals surface area contributed by atoms with Crippen LogP contribution in [0.2, 0.25) is 0 Å². The molecular weight excluding hydrogens is 510 g/mol. The van der Waals surface area contributed by atoms with E-state index >= 15 is 0 Å². The maximum atomic E-state index is 13.6. The van der Waals surface area contributed by atoms with Gasteiger partial charge in [-0.1, -0.05) is 0 Å². The minimum atomic E-state index is -2.84. The summed E-state index contributed by atoms with van der Waals surface area (Å²) in [7, 11) is 0. The minimum absolute atomic E-state index is 0.00801. The maximum Gasteiger partial charge on any atom is 0.282 e. The number of hydrogen-bond acceptors (Lipinski definition) is 7. The zero-order valence-electron chi connectivity index (χ0n) is 22.1. The summed E-state index contributed by atoms with van der Waals surface area (Å²) < 4.78 is 27.6. The van der Waals surface area contributed by atoms with Gasteiger partial charge in [0.25, 0.3) is 17.9 Å². The molecule has 13 heteroatoms. The van der Waals surface area contributed by atoms with E-state index in [2.05, 4.69) is 31.2 Å². The van der Waals surface area contributed by atoms with Crippen molar-refractivity contribution in [2.45, 2.75) is 71.0 Å². The first-order valence-corrected chi connectivity index (χ1v) is 13.1. The predicted molar refractivity (Wildman–Crippen MR) is 140 cm³/mol. The van der Waals surface area contributed by atoms with Gasteiger partial charge >= 0.3 is 0 Å². The van der Waals surface area contributed by atoms with Crippen LogP contribution in [0.4, 0.5) is 14.5 Å². The van der Waals surface area contributed by atoms with Crippen LogP contribution in [0, 0.1) is 23.2 Å². The molecule has 2 atom stereocenters. The van der Waals surface area contributed by atoms with Crippen molar-refractivity contribution in [1.82, 2.24) is 30.6 Å². The summed E-state index contributed by atoms with van der Waals surface area (Å²) in [6.07, 6.45) is 6.47. The van der Waals surface area contributed by atoms with Crippen LogP contribution < -0.4 is 21.5 Å². The molecule has 0 radical (unpaired) electrons. The van der Waals surface area contributed by atoms with Gasteiger partial charge < -0.3 is 21.4 Å². The van der Waals surface area contributed by atoms with Crippen LogP contribution in [0.3, 0.4) is 0 Å². The Balaban J connectivity index is 1.53. The van der Waals surface area contributed by atoms with E-state index in [1.807, 2.05) is 13.8 Å². The van der Waals surface area contributed by atoms with Gasteiger partial charge in [-0.25, -0.2) is 13.9 Å². The number of alkyl halides is 2. The van der Waals surface area contributed by atoms with Crippen molar-refractivity contribution in [3.05, 3.63) is 51.8 Å². The number of aromatic amines is 1. The summed E-state index contributed by atoms with van der Waals surface area (Å²) >= 11 is 0. The van der Waals surface area contributed by atoms with Gasteiger partial charge in [0, 0.05) is 24.0 Å². The lowest BCUT2D eigenvalue weighted by atomic mass is 9.88. The van der Waals surface area contributed by atoms with Crippen molar-refractivity contribution in [2.24, 2.45) is 17.8 Å². The molecule has 4 rings (SSSR count). The zero-order chi connectivity index (χ0) is 28.3. The van der Waals surface area contributed by atoms with E-state index in [-0.39, 0.29) is 29.1 Å². The van der Waals surface area contributed by atoms with Crippen LogP contribution in [0.15, 0.2) is 35.0 Å². The van der Waals surface area contributed by atoms with Gasteiger partial charge in [0.15, 0.2) is 0 Å². The fourth-order valence-corrected chi connectivity index (χ4v) is 4.87. The number of anilines is 1. The van der Waals surface area contributed by atoms with Gasteiger partial charge in [0.05, 0.1) is 17.9 Å². The molecule has 0 aliphatic heterocycles. The molecule has 5 N–H and O–H groups in total. The Labute approximate surface area is 224 Å². The number of aromatic nitrogens is 4. The van der Waals surface area contributed by atoms with Crippen molar-refractivity contribution in [3.8, 4) is 0 Å². The second-order valence-corrected chi connectivity index (χ2v) is 10.5. The summed E-state index contributed by atoms with van der Waals surface area (Å²) in [5.41, 5.74) is -0.569. The predicted octanol–water partition coefficient (Wildman–Crippen LogP) is 2.90. The lowest BCUT2D eigenvalue weighted by Gasteiger charge is -2.28. The van der Waals surface area contributed by atoms with Crippen LogP contribution in [-0.2, 0) is 9.59 Å². The SMILES string of the molecule is CC(C)N/C(=C\C=N)C(=O)N[C@H](C(=O)Nc1cnn(C(C)c2cc(C(F)F)n[nH]c2=O)c1)C(C1CC1)C1CC1. The number of hydrogen-bond donors (Lipinski definition) is 5. The molecule has 2 aromatic rings. The standard InChI is InChI=1S/C26H34F2N8O3/c1-13(2)31-19(8-9-29)25(38)33-22(21(15-4-5-15)16-6-7-16)26(39)32-17-11-30-36(12-17)14(3)18-10-20(23(27)28)34-35-24(18)37/h8-16,21-23,29,31H,4-7H2,1-3H3,(H,32,39)(H,33,38)(H,35,37)/b19-8-,29-9?/t14?,22-/m0/s1. The summed E-state index contributed by atoms with van der Waals surface area (Å²) in [6, 6.07) is -0.510. The first-order valence-electron chi connectivity index (χ1n) is 13.1. The summed E-state index contributed by atoms with van der Waals surface area (Å²) in [5.74, 6) is -0.153. The van der Waals surface area contributed by atoms with E-state index in [0.717, 1.165) is 38.0 Å². The third-order valence-electron chi connectivity index (χ3n) is 7.02. The number of amides is 2. The van der Waals surface area contributed by atoms with Gasteiger partial charge in [-0.2, -0.15) is 10.2 Å². The van der Waals surface area contributed by atoms with E-state index < -0.39 is 35.7 Å². The van der Waals surface area contributed by atoms with Crippen molar-refractivity contribution in [1.29, 1.82) is 5.41 Å². The highest BCUT2D eigenvalue weighted by Gasteiger charge is 2.48. The molecule has 2 aliphatic carbocycles. The molecule has 2 saturated carbocycles. The molecule has 0 spiro atoms. The van der Waals surface area contributed by atoms with E-state index in [1.165, 1.54) is 23.2 Å². The number of allylic oxidation sites excluding steroid dienone is 1. The monoisotopic (exact) mass is 544 g/mol. The fraction of sp³-hybridized carbons (Fsp3) is 0.538. The van der Waals surface area contributed by atoms with Crippen LogP contribution in [0.5, 0.6) is 0 Å². The van der Waals surface area contributed by atoms with E-state index in [0.29, 0.717) is 17.5 Å². The average molecular weight is 545 g/mol. The first kappa shape index (κ1) is 28.1. The zero-order valence-corrected chi connectivity index (χ0v) is 22.1. The Morgan fingerprint density at radius 1 is 1.15 bits per heavy atom. The maximum absolute atomic E-state index is 13.6. The van der Waals surface area contributed by atoms with Crippen molar-refractivity contribution in [2.75, 3.05) is 5.32 Å². The normalized spacial score (nSPS) is 17.3. The molecule has 2 amide bonds. The molecule has 2 aliphatic rings. The Morgan fingerprint density at radius 2 is 1.82 bits per heavy atom. The molecule has 0 saturated heterocycles. The van der Waals surface area contributed by atoms with Gasteiger partial charge in [-0.3, -0.25) is 19.1 Å². The number of nitrogens with zero attached hydrogens (tertiary/aromatic N) is 3. The summed E-state index contributed by atoms with van der Waals surface area (Å²) in [4.78, 5) is 39.0. The number of halogens is 2. The number of nitrogens with one attached hydrogen (secondary N) is 5.